The average molecular weight is 344 g/mol. The molecule has 1 aromatic rings. The van der Waals surface area contributed by atoms with Crippen LogP contribution in [-0.2, 0) is 22.3 Å². The van der Waals surface area contributed by atoms with Gasteiger partial charge in [-0.1, -0.05) is 0 Å². The zero-order chi connectivity index (χ0) is 16.6. The van der Waals surface area contributed by atoms with Gasteiger partial charge in [0.2, 0.25) is 0 Å². The first-order chi connectivity index (χ1) is 12.4. The fourth-order valence-electron chi connectivity index (χ4n) is 4.54. The van der Waals surface area contributed by atoms with Gasteiger partial charge in [-0.2, -0.15) is 0 Å². The smallest absolute Gasteiger partial charge is 0.143 e. The van der Waals surface area contributed by atoms with Crippen molar-refractivity contribution in [2.24, 2.45) is 0 Å². The highest BCUT2D eigenvalue weighted by Crippen LogP contribution is 2.51. The fourth-order valence-corrected chi connectivity index (χ4v) is 4.54. The van der Waals surface area contributed by atoms with Gasteiger partial charge in [0.1, 0.15) is 12.4 Å². The molecule has 0 spiro atoms. The summed E-state index contributed by atoms with van der Waals surface area (Å²) in [7, 11) is 0. The van der Waals surface area contributed by atoms with Crippen molar-refractivity contribution in [3.8, 4) is 5.75 Å². The summed E-state index contributed by atoms with van der Waals surface area (Å²) in [4.78, 5) is 2.52. The number of benzene rings is 1. The molecule has 1 aliphatic carbocycles. The Labute approximate surface area is 149 Å². The molecule has 3 heterocycles. The molecule has 5 nitrogen and oxygen atoms in total. The van der Waals surface area contributed by atoms with E-state index in [1.807, 2.05) is 0 Å². The van der Waals surface area contributed by atoms with Crippen LogP contribution in [0.4, 0.5) is 5.69 Å². The van der Waals surface area contributed by atoms with Crippen molar-refractivity contribution in [2.45, 2.75) is 37.7 Å². The molecule has 136 valence electrons. The van der Waals surface area contributed by atoms with Gasteiger partial charge in [-0.3, -0.25) is 0 Å². The van der Waals surface area contributed by atoms with Crippen molar-refractivity contribution < 1.29 is 14.2 Å². The predicted octanol–water partition coefficient (Wildman–Crippen LogP) is 1.87. The van der Waals surface area contributed by atoms with Gasteiger partial charge in [0.05, 0.1) is 38.2 Å². The summed E-state index contributed by atoms with van der Waals surface area (Å²) in [6.07, 6.45) is 5.09. The number of hydrogen-bond acceptors (Lipinski definition) is 5. The Bertz CT molecular complexity index is 638. The SMILES string of the molecule is c1c2c(c(C3CC3)c3c1OCCN3C[C@H]1COCCO1)CCNCC2. The van der Waals surface area contributed by atoms with E-state index in [-0.39, 0.29) is 6.10 Å². The minimum absolute atomic E-state index is 0.173. The molecule has 4 aliphatic rings. The molecule has 1 saturated heterocycles. The maximum absolute atomic E-state index is 6.13. The zero-order valence-electron chi connectivity index (χ0n) is 14.9. The van der Waals surface area contributed by atoms with Crippen LogP contribution in [-0.4, -0.2) is 58.7 Å². The van der Waals surface area contributed by atoms with Crippen LogP contribution in [0.5, 0.6) is 5.75 Å². The molecular weight excluding hydrogens is 316 g/mol. The minimum atomic E-state index is 0.173. The molecule has 1 atom stereocenters. The molecule has 0 bridgehead atoms. The van der Waals surface area contributed by atoms with Gasteiger partial charge in [-0.05, 0) is 67.4 Å². The van der Waals surface area contributed by atoms with Crippen LogP contribution in [0.15, 0.2) is 6.07 Å². The molecule has 1 N–H and O–H groups in total. The second-order valence-electron chi connectivity index (χ2n) is 7.66. The quantitative estimate of drug-likeness (QED) is 0.907. The summed E-state index contributed by atoms with van der Waals surface area (Å²) in [5, 5.41) is 3.56. The van der Waals surface area contributed by atoms with E-state index in [4.69, 9.17) is 14.2 Å². The third kappa shape index (κ3) is 3.14. The number of anilines is 1. The van der Waals surface area contributed by atoms with E-state index in [9.17, 15) is 0 Å². The summed E-state index contributed by atoms with van der Waals surface area (Å²) < 4.78 is 17.7. The molecule has 25 heavy (non-hydrogen) atoms. The maximum atomic E-state index is 6.13. The third-order valence-corrected chi connectivity index (χ3v) is 5.86. The van der Waals surface area contributed by atoms with Crippen molar-refractivity contribution >= 4 is 5.69 Å². The van der Waals surface area contributed by atoms with Crippen LogP contribution in [0, 0.1) is 0 Å². The first-order valence-electron chi connectivity index (χ1n) is 9.86. The van der Waals surface area contributed by atoms with Crippen molar-refractivity contribution in [1.29, 1.82) is 0 Å². The van der Waals surface area contributed by atoms with Crippen molar-refractivity contribution in [2.75, 3.05) is 57.5 Å². The fraction of sp³-hybridized carbons (Fsp3) is 0.700. The standard InChI is InChI=1S/C20H28N2O3/c1-2-14(1)19-17-4-6-21-5-3-15(17)11-18-20(19)22(7-8-25-18)12-16-13-23-9-10-24-16/h11,14,16,21H,1-10,12-13H2/t16-/m0/s1. The van der Waals surface area contributed by atoms with Gasteiger partial charge in [0.25, 0.3) is 0 Å². The molecule has 0 aromatic heterocycles. The van der Waals surface area contributed by atoms with E-state index in [1.165, 1.54) is 24.1 Å². The number of nitrogens with one attached hydrogen (secondary N) is 1. The Hall–Kier alpha value is -1.30. The lowest BCUT2D eigenvalue weighted by atomic mass is 9.91. The minimum Gasteiger partial charge on any atom is -0.490 e. The lowest BCUT2D eigenvalue weighted by Gasteiger charge is -2.37. The van der Waals surface area contributed by atoms with Crippen LogP contribution < -0.4 is 15.0 Å². The summed E-state index contributed by atoms with van der Waals surface area (Å²) in [5.41, 5.74) is 6.06. The van der Waals surface area contributed by atoms with Crippen LogP contribution in [0.25, 0.3) is 0 Å². The van der Waals surface area contributed by atoms with Crippen molar-refractivity contribution in [3.63, 3.8) is 0 Å². The summed E-state index contributed by atoms with van der Waals surface area (Å²) in [6, 6.07) is 2.33. The van der Waals surface area contributed by atoms with E-state index in [0.29, 0.717) is 13.2 Å². The first kappa shape index (κ1) is 15.9. The van der Waals surface area contributed by atoms with Gasteiger partial charge >= 0.3 is 0 Å². The highest BCUT2D eigenvalue weighted by Gasteiger charge is 2.36. The highest BCUT2D eigenvalue weighted by molar-refractivity contribution is 5.71. The monoisotopic (exact) mass is 344 g/mol. The zero-order valence-corrected chi connectivity index (χ0v) is 14.9. The molecule has 5 rings (SSSR count). The topological polar surface area (TPSA) is 43.0 Å². The largest absolute Gasteiger partial charge is 0.490 e. The van der Waals surface area contributed by atoms with E-state index < -0.39 is 0 Å². The van der Waals surface area contributed by atoms with Gasteiger partial charge < -0.3 is 24.4 Å². The van der Waals surface area contributed by atoms with Gasteiger partial charge in [-0.25, -0.2) is 0 Å². The third-order valence-electron chi connectivity index (χ3n) is 5.86. The Morgan fingerprint density at radius 3 is 2.88 bits per heavy atom. The number of rotatable bonds is 3. The molecule has 1 saturated carbocycles. The van der Waals surface area contributed by atoms with Gasteiger partial charge in [-0.15, -0.1) is 0 Å². The number of hydrogen-bond donors (Lipinski definition) is 1. The van der Waals surface area contributed by atoms with Crippen LogP contribution in [0.3, 0.4) is 0 Å². The summed E-state index contributed by atoms with van der Waals surface area (Å²) in [6.45, 7) is 6.94. The Balaban J connectivity index is 1.53. The summed E-state index contributed by atoms with van der Waals surface area (Å²) >= 11 is 0. The Morgan fingerprint density at radius 2 is 2.04 bits per heavy atom. The first-order valence-corrected chi connectivity index (χ1v) is 9.86. The molecule has 2 fully saturated rings. The highest BCUT2D eigenvalue weighted by atomic mass is 16.6. The average Bonchev–Trinajstić information content (AvgIpc) is 3.48. The van der Waals surface area contributed by atoms with Crippen LogP contribution >= 0.6 is 0 Å². The molecule has 5 heteroatoms. The molecule has 0 unspecified atom stereocenters. The predicted molar refractivity (Wildman–Crippen MR) is 97.0 cm³/mol. The second-order valence-corrected chi connectivity index (χ2v) is 7.66. The van der Waals surface area contributed by atoms with E-state index in [2.05, 4.69) is 16.3 Å². The number of fused-ring (bicyclic) bond motifs is 2. The van der Waals surface area contributed by atoms with Crippen molar-refractivity contribution in [1.82, 2.24) is 5.32 Å². The van der Waals surface area contributed by atoms with Crippen LogP contribution in [0.2, 0.25) is 0 Å². The Kier molecular flexibility index (Phi) is 4.32. The lowest BCUT2D eigenvalue weighted by molar-refractivity contribution is -0.0842. The molecular formula is C20H28N2O3. The van der Waals surface area contributed by atoms with E-state index >= 15 is 0 Å². The maximum Gasteiger partial charge on any atom is 0.143 e. The van der Waals surface area contributed by atoms with E-state index in [1.54, 1.807) is 11.1 Å². The molecule has 3 aliphatic heterocycles. The van der Waals surface area contributed by atoms with Crippen molar-refractivity contribution in [3.05, 3.63) is 22.8 Å². The second kappa shape index (κ2) is 6.78. The normalized spacial score (nSPS) is 26.4. The van der Waals surface area contributed by atoms with Crippen LogP contribution in [0.1, 0.15) is 35.4 Å². The lowest BCUT2D eigenvalue weighted by Crippen LogP contribution is -2.43. The van der Waals surface area contributed by atoms with E-state index in [0.717, 1.165) is 63.9 Å². The molecule has 0 amide bonds. The molecule has 1 aromatic carbocycles. The molecule has 0 radical (unpaired) electrons. The van der Waals surface area contributed by atoms with Gasteiger partial charge in [0.15, 0.2) is 0 Å². The summed E-state index contributed by atoms with van der Waals surface area (Å²) in [5.74, 6) is 1.83. The number of nitrogens with zero attached hydrogens (tertiary/aromatic N) is 1. The number of ether oxygens (including phenoxy) is 3. The van der Waals surface area contributed by atoms with Gasteiger partial charge in [0, 0.05) is 6.54 Å². The Morgan fingerprint density at radius 1 is 1.12 bits per heavy atom.